The number of halogens is 2. The Kier molecular flexibility index (Phi) is 3.93. The van der Waals surface area contributed by atoms with Crippen LogP contribution >= 0.6 is 0 Å². The fourth-order valence-corrected chi connectivity index (χ4v) is 3.26. The van der Waals surface area contributed by atoms with Gasteiger partial charge in [0.25, 0.3) is 0 Å². The molecule has 0 radical (unpaired) electrons. The fourth-order valence-electron chi connectivity index (χ4n) is 3.26. The number of amides is 1. The molecule has 1 heterocycles. The first-order chi connectivity index (χ1) is 10.1. The third kappa shape index (κ3) is 2.93. The van der Waals surface area contributed by atoms with E-state index in [0.29, 0.717) is 18.0 Å². The van der Waals surface area contributed by atoms with Gasteiger partial charge in [-0.3, -0.25) is 4.79 Å². The van der Waals surface area contributed by atoms with E-state index in [2.05, 4.69) is 5.32 Å². The zero-order valence-electron chi connectivity index (χ0n) is 12.1. The number of carbonyl (C=O) groups excluding carboxylic acids is 1. The molecule has 3 rings (SSSR count). The number of hydrogen-bond acceptors (Lipinski definition) is 2. The highest BCUT2D eigenvalue weighted by Crippen LogP contribution is 2.49. The van der Waals surface area contributed by atoms with E-state index in [1.54, 1.807) is 0 Å². The smallest absolute Gasteiger partial charge is 0.226 e. The lowest BCUT2D eigenvalue weighted by molar-refractivity contribution is -0.134. The standard InChI is InChI=1S/C16H20F2N2O/c1-19-11-3-2-6-20(9-11)16(21)14-8-13(14)12-5-4-10(17)7-15(12)18/h4-5,7,11,13-14,19H,2-3,6,8-9H2,1H3. The van der Waals surface area contributed by atoms with Gasteiger partial charge in [0.15, 0.2) is 0 Å². The third-order valence-electron chi connectivity index (χ3n) is 4.61. The van der Waals surface area contributed by atoms with Crippen LogP contribution in [0.2, 0.25) is 0 Å². The molecule has 1 saturated carbocycles. The van der Waals surface area contributed by atoms with E-state index < -0.39 is 11.6 Å². The number of rotatable bonds is 3. The maximum Gasteiger partial charge on any atom is 0.226 e. The van der Waals surface area contributed by atoms with Gasteiger partial charge in [-0.2, -0.15) is 0 Å². The summed E-state index contributed by atoms with van der Waals surface area (Å²) in [5.41, 5.74) is 0.469. The summed E-state index contributed by atoms with van der Waals surface area (Å²) < 4.78 is 26.7. The van der Waals surface area contributed by atoms with Crippen molar-refractivity contribution in [3.63, 3.8) is 0 Å². The van der Waals surface area contributed by atoms with Crippen LogP contribution in [0.3, 0.4) is 0 Å². The van der Waals surface area contributed by atoms with Gasteiger partial charge in [0, 0.05) is 31.1 Å². The van der Waals surface area contributed by atoms with Crippen molar-refractivity contribution in [3.8, 4) is 0 Å². The first kappa shape index (κ1) is 14.4. The Morgan fingerprint density at radius 3 is 2.90 bits per heavy atom. The summed E-state index contributed by atoms with van der Waals surface area (Å²) in [4.78, 5) is 14.4. The second-order valence-electron chi connectivity index (χ2n) is 6.03. The molecule has 21 heavy (non-hydrogen) atoms. The maximum absolute atomic E-state index is 13.8. The van der Waals surface area contributed by atoms with Crippen LogP contribution < -0.4 is 5.32 Å². The Morgan fingerprint density at radius 2 is 2.19 bits per heavy atom. The molecule has 5 heteroatoms. The summed E-state index contributed by atoms with van der Waals surface area (Å²) in [6, 6.07) is 3.97. The molecule has 1 aromatic carbocycles. The van der Waals surface area contributed by atoms with Crippen molar-refractivity contribution in [1.29, 1.82) is 0 Å². The highest BCUT2D eigenvalue weighted by Gasteiger charge is 2.47. The summed E-state index contributed by atoms with van der Waals surface area (Å²) in [6.45, 7) is 1.51. The Balaban J connectivity index is 1.65. The topological polar surface area (TPSA) is 32.3 Å². The fraction of sp³-hybridized carbons (Fsp3) is 0.562. The van der Waals surface area contributed by atoms with Crippen molar-refractivity contribution in [3.05, 3.63) is 35.4 Å². The Morgan fingerprint density at radius 1 is 1.38 bits per heavy atom. The van der Waals surface area contributed by atoms with Crippen molar-refractivity contribution < 1.29 is 13.6 Å². The second-order valence-corrected chi connectivity index (χ2v) is 6.03. The number of likely N-dealkylation sites (tertiary alicyclic amines) is 1. The van der Waals surface area contributed by atoms with E-state index >= 15 is 0 Å². The zero-order chi connectivity index (χ0) is 15.0. The number of carbonyl (C=O) groups is 1. The van der Waals surface area contributed by atoms with Crippen LogP contribution in [0.5, 0.6) is 0 Å². The van der Waals surface area contributed by atoms with Crippen LogP contribution in [0, 0.1) is 17.6 Å². The molecular formula is C16H20F2N2O. The normalized spacial score (nSPS) is 28.5. The zero-order valence-corrected chi connectivity index (χ0v) is 12.1. The number of nitrogens with zero attached hydrogens (tertiary/aromatic N) is 1. The summed E-state index contributed by atoms with van der Waals surface area (Å²) in [7, 11) is 1.91. The highest BCUT2D eigenvalue weighted by molar-refractivity contribution is 5.83. The number of hydrogen-bond donors (Lipinski definition) is 1. The number of benzene rings is 1. The van der Waals surface area contributed by atoms with Crippen LogP contribution in [-0.4, -0.2) is 37.0 Å². The van der Waals surface area contributed by atoms with Gasteiger partial charge in [-0.1, -0.05) is 6.07 Å². The Bertz CT molecular complexity index is 549. The molecular weight excluding hydrogens is 274 g/mol. The van der Waals surface area contributed by atoms with Gasteiger partial charge in [-0.05, 0) is 43.9 Å². The van der Waals surface area contributed by atoms with E-state index in [-0.39, 0.29) is 17.7 Å². The highest BCUT2D eigenvalue weighted by atomic mass is 19.1. The summed E-state index contributed by atoms with van der Waals surface area (Å²) in [5, 5.41) is 3.21. The van der Waals surface area contributed by atoms with Crippen molar-refractivity contribution in [2.75, 3.05) is 20.1 Å². The lowest BCUT2D eigenvalue weighted by Crippen LogP contribution is -2.47. The summed E-state index contributed by atoms with van der Waals surface area (Å²) >= 11 is 0. The van der Waals surface area contributed by atoms with Crippen LogP contribution in [0.1, 0.15) is 30.7 Å². The minimum absolute atomic E-state index is 0.0898. The first-order valence-electron chi connectivity index (χ1n) is 7.51. The molecule has 1 N–H and O–H groups in total. The maximum atomic E-state index is 13.8. The minimum atomic E-state index is -0.576. The van der Waals surface area contributed by atoms with Gasteiger partial charge >= 0.3 is 0 Å². The first-order valence-corrected chi connectivity index (χ1v) is 7.51. The lowest BCUT2D eigenvalue weighted by atomic mass is 10.0. The summed E-state index contributed by atoms with van der Waals surface area (Å²) in [5.74, 6) is -1.23. The van der Waals surface area contributed by atoms with Gasteiger partial charge in [0.1, 0.15) is 11.6 Å². The number of piperidine rings is 1. The molecule has 2 aliphatic rings. The second kappa shape index (κ2) is 5.72. The van der Waals surface area contributed by atoms with Crippen molar-refractivity contribution >= 4 is 5.91 Å². The van der Waals surface area contributed by atoms with Gasteiger partial charge in [-0.25, -0.2) is 8.78 Å². The van der Waals surface area contributed by atoms with Gasteiger partial charge < -0.3 is 10.2 Å². The molecule has 2 fully saturated rings. The van der Waals surface area contributed by atoms with Crippen molar-refractivity contribution in [1.82, 2.24) is 10.2 Å². The van der Waals surface area contributed by atoms with E-state index in [0.717, 1.165) is 32.0 Å². The number of likely N-dealkylation sites (N-methyl/N-ethyl adjacent to an activating group) is 1. The average Bonchev–Trinajstić information content (AvgIpc) is 3.27. The molecule has 1 aromatic rings. The van der Waals surface area contributed by atoms with Crippen molar-refractivity contribution in [2.24, 2.45) is 5.92 Å². The molecule has 3 nitrogen and oxygen atoms in total. The predicted molar refractivity (Wildman–Crippen MR) is 75.9 cm³/mol. The molecule has 1 saturated heterocycles. The van der Waals surface area contributed by atoms with E-state index in [1.807, 2.05) is 11.9 Å². The molecule has 1 aliphatic carbocycles. The van der Waals surface area contributed by atoms with E-state index in [1.165, 1.54) is 12.1 Å². The van der Waals surface area contributed by atoms with Crippen LogP contribution in [0.4, 0.5) is 8.78 Å². The molecule has 0 aromatic heterocycles. The molecule has 114 valence electrons. The third-order valence-corrected chi connectivity index (χ3v) is 4.61. The molecule has 0 spiro atoms. The van der Waals surface area contributed by atoms with Gasteiger partial charge in [0.05, 0.1) is 0 Å². The summed E-state index contributed by atoms with van der Waals surface area (Å²) in [6.07, 6.45) is 2.75. The van der Waals surface area contributed by atoms with Gasteiger partial charge in [0.2, 0.25) is 5.91 Å². The van der Waals surface area contributed by atoms with E-state index in [4.69, 9.17) is 0 Å². The van der Waals surface area contributed by atoms with Gasteiger partial charge in [-0.15, -0.1) is 0 Å². The predicted octanol–water partition coefficient (Wildman–Crippen LogP) is 2.28. The average molecular weight is 294 g/mol. The van der Waals surface area contributed by atoms with Crippen LogP contribution in [0.25, 0.3) is 0 Å². The lowest BCUT2D eigenvalue weighted by Gasteiger charge is -2.32. The SMILES string of the molecule is CNC1CCCN(C(=O)C2CC2c2ccc(F)cc2F)C1. The molecule has 1 amide bonds. The monoisotopic (exact) mass is 294 g/mol. The quantitative estimate of drug-likeness (QED) is 0.927. The Labute approximate surface area is 123 Å². The Hall–Kier alpha value is -1.49. The largest absolute Gasteiger partial charge is 0.341 e. The van der Waals surface area contributed by atoms with E-state index in [9.17, 15) is 13.6 Å². The molecule has 3 unspecified atom stereocenters. The minimum Gasteiger partial charge on any atom is -0.341 e. The van der Waals surface area contributed by atoms with Crippen LogP contribution in [0.15, 0.2) is 18.2 Å². The van der Waals surface area contributed by atoms with Crippen molar-refractivity contribution in [2.45, 2.75) is 31.2 Å². The number of nitrogens with one attached hydrogen (secondary N) is 1. The molecule has 3 atom stereocenters. The molecule has 1 aliphatic heterocycles. The van der Waals surface area contributed by atoms with Crippen LogP contribution in [-0.2, 0) is 4.79 Å². The molecule has 0 bridgehead atoms.